The number of sulfonamides is 1. The largest absolute Gasteiger partial charge is 1.00 e. The van der Waals surface area contributed by atoms with E-state index in [0.717, 1.165) is 40.6 Å². The van der Waals surface area contributed by atoms with Crippen LogP contribution in [0.4, 0.5) is 5.69 Å². The van der Waals surface area contributed by atoms with E-state index in [1.54, 1.807) is 10.4 Å². The number of quaternary nitrogens is 2. The van der Waals surface area contributed by atoms with Crippen LogP contribution in [0.5, 0.6) is 0 Å². The van der Waals surface area contributed by atoms with Gasteiger partial charge < -0.3 is 40.3 Å². The first-order valence-electron chi connectivity index (χ1n) is 12.6. The molecule has 202 valence electrons. The number of nitrogens with one attached hydrogen (secondary N) is 1. The van der Waals surface area contributed by atoms with Crippen molar-refractivity contribution in [2.45, 2.75) is 69.0 Å². The molecule has 1 atom stereocenters. The van der Waals surface area contributed by atoms with Gasteiger partial charge >= 0.3 is 0 Å². The average molecular weight is 560 g/mol. The van der Waals surface area contributed by atoms with E-state index < -0.39 is 10.0 Å². The summed E-state index contributed by atoms with van der Waals surface area (Å²) in [5, 5.41) is 1.76. The van der Waals surface area contributed by atoms with Crippen LogP contribution in [0, 0.1) is 5.92 Å². The molecule has 0 aromatic heterocycles. The third-order valence-electron chi connectivity index (χ3n) is 7.12. The van der Waals surface area contributed by atoms with Crippen LogP contribution in [-0.4, -0.2) is 68.8 Å². The molecule has 1 heterocycles. The Labute approximate surface area is 228 Å². The molecule has 4 N–H and O–H groups in total. The van der Waals surface area contributed by atoms with E-state index in [-0.39, 0.29) is 48.8 Å². The molecular weight excluding hydrogens is 519 g/mol. The molecule has 1 saturated heterocycles. The number of piperidine rings is 1. The van der Waals surface area contributed by atoms with Gasteiger partial charge in [-0.05, 0) is 49.8 Å². The van der Waals surface area contributed by atoms with Crippen LogP contribution in [0.3, 0.4) is 0 Å². The summed E-state index contributed by atoms with van der Waals surface area (Å²) in [4.78, 5) is 16.3. The van der Waals surface area contributed by atoms with Gasteiger partial charge in [0.2, 0.25) is 10.0 Å². The molecule has 1 aliphatic heterocycles. The number of hydrogen-bond donors (Lipinski definition) is 2. The predicted molar refractivity (Wildman–Crippen MR) is 134 cm³/mol. The fraction of sp³-hybridized carbons (Fsp3) is 0.577. The van der Waals surface area contributed by atoms with Crippen molar-refractivity contribution in [1.29, 1.82) is 0 Å². The second-order valence-corrected chi connectivity index (χ2v) is 12.4. The van der Waals surface area contributed by atoms with Gasteiger partial charge in [0.15, 0.2) is 6.04 Å². The number of rotatable bonds is 8. The summed E-state index contributed by atoms with van der Waals surface area (Å²) in [5.41, 5.74) is 5.16. The maximum Gasteiger partial charge on any atom is 0.280 e. The van der Waals surface area contributed by atoms with Crippen molar-refractivity contribution in [2.24, 2.45) is 5.92 Å². The van der Waals surface area contributed by atoms with E-state index in [4.69, 9.17) is 0 Å². The molecule has 10 heteroatoms. The highest BCUT2D eigenvalue weighted by atomic mass is 35.5. The first-order valence-corrected chi connectivity index (χ1v) is 14.0. The summed E-state index contributed by atoms with van der Waals surface area (Å²) in [6.07, 6.45) is 3.94. The highest BCUT2D eigenvalue weighted by Crippen LogP contribution is 2.39. The van der Waals surface area contributed by atoms with Crippen LogP contribution < -0.4 is 35.4 Å². The molecule has 2 aliphatic rings. The summed E-state index contributed by atoms with van der Waals surface area (Å²) in [5.74, 6) is 0.524. The van der Waals surface area contributed by atoms with Crippen LogP contribution >= 0.6 is 0 Å². The summed E-state index contributed by atoms with van der Waals surface area (Å²) in [7, 11) is 0.441. The topological polar surface area (TPSA) is 89.8 Å². The molecule has 0 radical (unpaired) electrons. The third kappa shape index (κ3) is 6.34. The minimum atomic E-state index is -3.67. The molecule has 1 aliphatic carbocycles. The van der Waals surface area contributed by atoms with Crippen LogP contribution in [0.2, 0.25) is 0 Å². The first kappa shape index (κ1) is 30.8. The molecular formula is C26H40Cl2N4O3S. The molecule has 2 aromatic rings. The molecule has 0 bridgehead atoms. The molecule has 0 unspecified atom stereocenters. The Bertz CT molecular complexity index is 1150. The Morgan fingerprint density at radius 2 is 1.56 bits per heavy atom. The maximum atomic E-state index is 14.1. The van der Waals surface area contributed by atoms with Gasteiger partial charge in [0.25, 0.3) is 5.91 Å². The van der Waals surface area contributed by atoms with Crippen molar-refractivity contribution < 1.29 is 48.7 Å². The zero-order chi connectivity index (χ0) is 24.6. The lowest BCUT2D eigenvalue weighted by Crippen LogP contribution is -3.00. The van der Waals surface area contributed by atoms with E-state index in [1.807, 2.05) is 29.2 Å². The molecule has 1 amide bonds. The minimum absolute atomic E-state index is 0. The number of likely N-dealkylation sites (tertiary alicyclic amines) is 1. The van der Waals surface area contributed by atoms with Gasteiger partial charge in [-0.1, -0.05) is 32.0 Å². The normalized spacial score (nSPS) is 17.8. The number of amides is 1. The fourth-order valence-corrected chi connectivity index (χ4v) is 7.48. The van der Waals surface area contributed by atoms with Crippen molar-refractivity contribution in [3.05, 3.63) is 36.4 Å². The molecule has 0 spiro atoms. The van der Waals surface area contributed by atoms with Gasteiger partial charge in [-0.25, -0.2) is 8.42 Å². The standard InChI is InChI=1S/C26H38N4O3S.2ClH/c1-18(2)17-23(27)26(31)29-15-13-20(14-16-29)30(19-11-12-19)34(32,33)25-10-6-7-21-22(25)8-5-9-24(21)28(3)4;;/h5-10,18-20,23H,11-17,27H2,1-4H3;2*1H/t23-;;/m1../s1. The minimum Gasteiger partial charge on any atom is -1.00 e. The Balaban J connectivity index is 0.00000228. The van der Waals surface area contributed by atoms with Gasteiger partial charge in [0.1, 0.15) is 5.69 Å². The molecule has 1 saturated carbocycles. The van der Waals surface area contributed by atoms with Crippen molar-refractivity contribution in [3.8, 4) is 0 Å². The van der Waals surface area contributed by atoms with Crippen LogP contribution in [0.15, 0.2) is 41.3 Å². The van der Waals surface area contributed by atoms with Crippen LogP contribution in [0.25, 0.3) is 10.8 Å². The van der Waals surface area contributed by atoms with Gasteiger partial charge in [0.05, 0.1) is 19.0 Å². The summed E-state index contributed by atoms with van der Waals surface area (Å²) < 4.78 is 29.9. The van der Waals surface area contributed by atoms with Crippen molar-refractivity contribution in [3.63, 3.8) is 0 Å². The van der Waals surface area contributed by atoms with Gasteiger partial charge in [-0.2, -0.15) is 4.31 Å². The van der Waals surface area contributed by atoms with E-state index >= 15 is 0 Å². The van der Waals surface area contributed by atoms with Gasteiger partial charge in [0, 0.05) is 42.4 Å². The molecule has 36 heavy (non-hydrogen) atoms. The summed E-state index contributed by atoms with van der Waals surface area (Å²) in [6.45, 7) is 5.39. The monoisotopic (exact) mass is 558 g/mol. The molecule has 2 fully saturated rings. The highest BCUT2D eigenvalue weighted by Gasteiger charge is 2.44. The number of fused-ring (bicyclic) bond motifs is 1. The summed E-state index contributed by atoms with van der Waals surface area (Å²) in [6, 6.07) is 11.3. The van der Waals surface area contributed by atoms with E-state index in [0.29, 0.717) is 36.7 Å². The number of halogens is 2. The SMILES string of the molecule is CC(C)C[C@@H]([NH3+])C(=O)N1CCC(N(C2CC2)S(=O)(=O)c2cccc3c([NH+](C)C)cccc23)CC1.[Cl-].[Cl-]. The second kappa shape index (κ2) is 12.4. The van der Waals surface area contributed by atoms with Crippen LogP contribution in [-0.2, 0) is 14.8 Å². The number of benzene rings is 2. The van der Waals surface area contributed by atoms with Crippen molar-refractivity contribution in [1.82, 2.24) is 9.21 Å². The number of carbonyl (C=O) groups excluding carboxylic acids is 1. The molecule has 2 aromatic carbocycles. The maximum absolute atomic E-state index is 14.1. The smallest absolute Gasteiger partial charge is 0.280 e. The Hall–Kier alpha value is -1.42. The van der Waals surface area contributed by atoms with Crippen molar-refractivity contribution >= 4 is 32.4 Å². The van der Waals surface area contributed by atoms with E-state index in [9.17, 15) is 13.2 Å². The van der Waals surface area contributed by atoms with E-state index in [2.05, 4.69) is 39.7 Å². The quantitative estimate of drug-likeness (QED) is 0.342. The number of hydrogen-bond acceptors (Lipinski definition) is 3. The average Bonchev–Trinajstić information content (AvgIpc) is 3.62. The Morgan fingerprint density at radius 1 is 1.00 bits per heavy atom. The lowest BCUT2D eigenvalue weighted by Gasteiger charge is -2.38. The molecule has 7 nitrogen and oxygen atoms in total. The Morgan fingerprint density at radius 3 is 2.11 bits per heavy atom. The first-order chi connectivity index (χ1) is 16.1. The third-order valence-corrected chi connectivity index (χ3v) is 9.19. The van der Waals surface area contributed by atoms with Crippen molar-refractivity contribution in [2.75, 3.05) is 27.2 Å². The molecule has 4 rings (SSSR count). The fourth-order valence-electron chi connectivity index (χ4n) is 5.34. The lowest BCUT2D eigenvalue weighted by atomic mass is 10.0. The lowest BCUT2D eigenvalue weighted by molar-refractivity contribution is -0.785. The summed E-state index contributed by atoms with van der Waals surface area (Å²) >= 11 is 0. The second-order valence-electron chi connectivity index (χ2n) is 10.6. The number of carbonyl (C=O) groups is 1. The van der Waals surface area contributed by atoms with Gasteiger partial charge in [-0.15, -0.1) is 0 Å². The zero-order valence-corrected chi connectivity index (χ0v) is 24.0. The Kier molecular flexibility index (Phi) is 10.6. The predicted octanol–water partition coefficient (Wildman–Crippen LogP) is -4.58. The van der Waals surface area contributed by atoms with E-state index in [1.165, 1.54) is 0 Å². The van der Waals surface area contributed by atoms with Crippen LogP contribution in [0.1, 0.15) is 46.0 Å². The number of nitrogens with zero attached hydrogens (tertiary/aromatic N) is 2. The van der Waals surface area contributed by atoms with Gasteiger partial charge in [-0.3, -0.25) is 4.79 Å². The zero-order valence-electron chi connectivity index (χ0n) is 21.7. The highest BCUT2D eigenvalue weighted by molar-refractivity contribution is 7.89.